The lowest BCUT2D eigenvalue weighted by Gasteiger charge is -2.21. The molecule has 1 aliphatic carbocycles. The maximum atomic E-state index is 6.11. The molecule has 1 aliphatic rings. The van der Waals surface area contributed by atoms with Crippen LogP contribution in [0.3, 0.4) is 0 Å². The molecule has 1 atom stereocenters. The molecule has 26 heavy (non-hydrogen) atoms. The number of ether oxygens (including phenoxy) is 2. The van der Waals surface area contributed by atoms with Crippen molar-refractivity contribution in [2.75, 3.05) is 6.61 Å². The number of thiol groups is 1. The average molecular weight is 373 g/mol. The number of benzene rings is 2. The molecule has 0 bridgehead atoms. The second-order valence-corrected chi connectivity index (χ2v) is 8.00. The Balaban J connectivity index is 0.000000758. The van der Waals surface area contributed by atoms with Crippen LogP contribution in [0.15, 0.2) is 60.7 Å². The van der Waals surface area contributed by atoms with Crippen molar-refractivity contribution in [3.05, 3.63) is 71.8 Å². The van der Waals surface area contributed by atoms with Crippen LogP contribution in [-0.4, -0.2) is 17.5 Å². The Morgan fingerprint density at radius 1 is 0.885 bits per heavy atom. The molecule has 0 amide bonds. The van der Waals surface area contributed by atoms with E-state index in [4.69, 9.17) is 22.1 Å². The quantitative estimate of drug-likeness (QED) is 0.540. The highest BCUT2D eigenvalue weighted by Crippen LogP contribution is 2.46. The summed E-state index contributed by atoms with van der Waals surface area (Å²) in [6.07, 6.45) is 4.66. The highest BCUT2D eigenvalue weighted by Gasteiger charge is 2.40. The van der Waals surface area contributed by atoms with E-state index in [0.717, 1.165) is 6.42 Å². The van der Waals surface area contributed by atoms with Crippen LogP contribution in [0.25, 0.3) is 0 Å². The van der Waals surface area contributed by atoms with E-state index in [1.54, 1.807) is 0 Å². The van der Waals surface area contributed by atoms with Gasteiger partial charge in [0.05, 0.1) is 25.9 Å². The third-order valence-corrected chi connectivity index (χ3v) is 4.81. The van der Waals surface area contributed by atoms with Gasteiger partial charge in [-0.3, -0.25) is 0 Å². The van der Waals surface area contributed by atoms with E-state index in [9.17, 15) is 0 Å². The fourth-order valence-corrected chi connectivity index (χ4v) is 2.92. The predicted molar refractivity (Wildman–Crippen MR) is 113 cm³/mol. The highest BCUT2D eigenvalue weighted by molar-refractivity contribution is 7.82. The van der Waals surface area contributed by atoms with Gasteiger partial charge in [-0.1, -0.05) is 80.9 Å². The van der Waals surface area contributed by atoms with Gasteiger partial charge in [0, 0.05) is 4.75 Å². The first-order chi connectivity index (χ1) is 12.6. The maximum absolute atomic E-state index is 6.11. The lowest BCUT2D eigenvalue weighted by atomic mass is 10.1. The first-order valence-electron chi connectivity index (χ1n) is 9.65. The fourth-order valence-electron chi connectivity index (χ4n) is 2.61. The van der Waals surface area contributed by atoms with Crippen molar-refractivity contribution in [2.45, 2.75) is 63.6 Å². The van der Waals surface area contributed by atoms with Crippen LogP contribution in [0, 0.1) is 0 Å². The Morgan fingerprint density at radius 2 is 1.38 bits per heavy atom. The molecule has 3 rings (SSSR count). The molecule has 0 spiro atoms. The van der Waals surface area contributed by atoms with Gasteiger partial charge >= 0.3 is 0 Å². The Labute approximate surface area is 164 Å². The van der Waals surface area contributed by atoms with Crippen LogP contribution in [0.2, 0.25) is 0 Å². The summed E-state index contributed by atoms with van der Waals surface area (Å²) < 4.78 is 12.2. The fraction of sp³-hybridized carbons (Fsp3) is 0.478. The van der Waals surface area contributed by atoms with Gasteiger partial charge in [-0.25, -0.2) is 0 Å². The summed E-state index contributed by atoms with van der Waals surface area (Å²) in [5.41, 5.74) is 2.39. The molecule has 3 heteroatoms. The zero-order chi connectivity index (χ0) is 18.7. The molecule has 1 saturated carbocycles. The van der Waals surface area contributed by atoms with E-state index in [2.05, 4.69) is 38.1 Å². The monoisotopic (exact) mass is 372 g/mol. The van der Waals surface area contributed by atoms with Gasteiger partial charge in [-0.15, -0.1) is 0 Å². The van der Waals surface area contributed by atoms with Crippen molar-refractivity contribution in [2.24, 2.45) is 0 Å². The molecule has 0 unspecified atom stereocenters. The van der Waals surface area contributed by atoms with Gasteiger partial charge in [0.25, 0.3) is 0 Å². The van der Waals surface area contributed by atoms with Crippen LogP contribution in [0.4, 0.5) is 0 Å². The minimum absolute atomic E-state index is 0.0962. The zero-order valence-corrected chi connectivity index (χ0v) is 17.0. The molecular weight excluding hydrogens is 340 g/mol. The first kappa shape index (κ1) is 21.0. The molecule has 0 aliphatic heterocycles. The largest absolute Gasteiger partial charge is 0.374 e. The Bertz CT molecular complexity index is 596. The predicted octanol–water partition coefficient (Wildman–Crippen LogP) is 6.06. The molecular formula is C23H32O2S. The van der Waals surface area contributed by atoms with Crippen molar-refractivity contribution in [1.82, 2.24) is 0 Å². The molecule has 2 nitrogen and oxygen atoms in total. The Hall–Kier alpha value is -1.29. The van der Waals surface area contributed by atoms with Crippen molar-refractivity contribution in [3.63, 3.8) is 0 Å². The zero-order valence-electron chi connectivity index (χ0n) is 16.1. The van der Waals surface area contributed by atoms with Crippen LogP contribution < -0.4 is 0 Å². The molecule has 0 saturated heterocycles. The summed E-state index contributed by atoms with van der Waals surface area (Å²) in [7, 11) is 0. The number of hydrogen-bond acceptors (Lipinski definition) is 3. The lowest BCUT2D eigenvalue weighted by Crippen LogP contribution is -2.24. The van der Waals surface area contributed by atoms with E-state index < -0.39 is 0 Å². The summed E-state index contributed by atoms with van der Waals surface area (Å²) >= 11 is 4.74. The van der Waals surface area contributed by atoms with E-state index in [-0.39, 0.29) is 10.9 Å². The van der Waals surface area contributed by atoms with Gasteiger partial charge in [0.1, 0.15) is 0 Å². The van der Waals surface area contributed by atoms with Gasteiger partial charge in [-0.05, 0) is 30.4 Å². The van der Waals surface area contributed by atoms with Gasteiger partial charge in [0.15, 0.2) is 0 Å². The molecule has 0 radical (unpaired) electrons. The summed E-state index contributed by atoms with van der Waals surface area (Å²) in [5, 5.41) is 0. The van der Waals surface area contributed by atoms with E-state index in [1.807, 2.05) is 36.4 Å². The third-order valence-electron chi connectivity index (χ3n) is 4.18. The second kappa shape index (κ2) is 11.4. The van der Waals surface area contributed by atoms with Gasteiger partial charge in [0.2, 0.25) is 0 Å². The van der Waals surface area contributed by atoms with Crippen molar-refractivity contribution in [1.29, 1.82) is 0 Å². The molecule has 0 heterocycles. The Kier molecular flexibility index (Phi) is 9.24. The number of hydrogen-bond donors (Lipinski definition) is 1. The van der Waals surface area contributed by atoms with E-state index >= 15 is 0 Å². The summed E-state index contributed by atoms with van der Waals surface area (Å²) in [6, 6.07) is 20.6. The summed E-state index contributed by atoms with van der Waals surface area (Å²) in [4.78, 5) is 0. The molecule has 1 fully saturated rings. The van der Waals surface area contributed by atoms with Crippen LogP contribution in [0.1, 0.15) is 50.7 Å². The van der Waals surface area contributed by atoms with Crippen molar-refractivity contribution in [3.8, 4) is 0 Å². The van der Waals surface area contributed by atoms with Crippen molar-refractivity contribution >= 4 is 12.6 Å². The third kappa shape index (κ3) is 8.39. The van der Waals surface area contributed by atoms with Gasteiger partial charge in [-0.2, -0.15) is 12.6 Å². The normalized spacial score (nSPS) is 15.7. The number of rotatable bonds is 9. The van der Waals surface area contributed by atoms with Crippen LogP contribution in [-0.2, 0) is 22.7 Å². The molecule has 2 aromatic rings. The molecule has 0 N–H and O–H groups in total. The maximum Gasteiger partial charge on any atom is 0.0826 e. The molecule has 2 aromatic carbocycles. The molecule has 0 aromatic heterocycles. The van der Waals surface area contributed by atoms with E-state index in [1.165, 1.54) is 30.4 Å². The highest BCUT2D eigenvalue weighted by atomic mass is 32.1. The SMILES string of the molecule is CCC.SC1(C[C@H](COCc2ccccc2)OCc2ccccc2)CC1. The standard InChI is InChI=1S/C20H24O2S.C3H8/c23-20(11-12-20)13-19(22-15-18-9-5-2-6-10-18)16-21-14-17-7-3-1-4-8-17;1-3-2/h1-10,19,23H,11-16H2;3H2,1-2H3/t19-;/m1./s1. The van der Waals surface area contributed by atoms with Crippen LogP contribution in [0.5, 0.6) is 0 Å². The first-order valence-corrected chi connectivity index (χ1v) is 10.1. The Morgan fingerprint density at radius 3 is 1.88 bits per heavy atom. The smallest absolute Gasteiger partial charge is 0.0826 e. The molecule has 142 valence electrons. The topological polar surface area (TPSA) is 18.5 Å². The van der Waals surface area contributed by atoms with Crippen molar-refractivity contribution < 1.29 is 9.47 Å². The minimum atomic E-state index is 0.0962. The summed E-state index contributed by atoms with van der Waals surface area (Å²) in [5.74, 6) is 0. The minimum Gasteiger partial charge on any atom is -0.374 e. The van der Waals surface area contributed by atoms with Crippen LogP contribution >= 0.6 is 12.6 Å². The van der Waals surface area contributed by atoms with Gasteiger partial charge < -0.3 is 9.47 Å². The summed E-state index contributed by atoms with van der Waals surface area (Å²) in [6.45, 7) is 6.12. The average Bonchev–Trinajstić information content (AvgIpc) is 3.39. The lowest BCUT2D eigenvalue weighted by molar-refractivity contribution is -0.0341. The van der Waals surface area contributed by atoms with E-state index in [0.29, 0.717) is 19.8 Å². The second-order valence-electron chi connectivity index (χ2n) is 7.05.